The summed E-state index contributed by atoms with van der Waals surface area (Å²) >= 11 is 11.9. The molecule has 0 aromatic heterocycles. The van der Waals surface area contributed by atoms with Crippen molar-refractivity contribution in [3.05, 3.63) is 58.1 Å². The maximum atomic E-state index is 12.8. The smallest absolute Gasteiger partial charge is 0.244 e. The molecule has 2 atom stereocenters. The third-order valence-corrected chi connectivity index (χ3v) is 6.19. The predicted octanol–water partition coefficient (Wildman–Crippen LogP) is 4.03. The van der Waals surface area contributed by atoms with Crippen LogP contribution in [0.15, 0.2) is 42.5 Å². The van der Waals surface area contributed by atoms with Crippen LogP contribution in [0, 0.1) is 0 Å². The Kier molecular flexibility index (Phi) is 7.20. The van der Waals surface area contributed by atoms with Gasteiger partial charge in [-0.1, -0.05) is 41.4 Å². The van der Waals surface area contributed by atoms with Crippen molar-refractivity contribution in [2.75, 3.05) is 17.7 Å². The molecule has 0 spiro atoms. The van der Waals surface area contributed by atoms with Gasteiger partial charge in [0.15, 0.2) is 0 Å². The van der Waals surface area contributed by atoms with Crippen LogP contribution < -0.4 is 14.4 Å². The van der Waals surface area contributed by atoms with E-state index in [4.69, 9.17) is 27.9 Å². The lowest BCUT2D eigenvalue weighted by molar-refractivity contribution is -0.122. The van der Waals surface area contributed by atoms with E-state index in [2.05, 4.69) is 5.32 Å². The highest BCUT2D eigenvalue weighted by atomic mass is 35.5. The summed E-state index contributed by atoms with van der Waals surface area (Å²) in [5.74, 6) is 0.169. The van der Waals surface area contributed by atoms with Gasteiger partial charge < -0.3 is 10.1 Å². The van der Waals surface area contributed by atoms with Gasteiger partial charge in [0.1, 0.15) is 11.8 Å². The van der Waals surface area contributed by atoms with E-state index in [0.29, 0.717) is 10.8 Å². The molecule has 0 aliphatic heterocycles. The summed E-state index contributed by atoms with van der Waals surface area (Å²) in [7, 11) is -2.21. The van der Waals surface area contributed by atoms with Gasteiger partial charge in [-0.15, -0.1) is 0 Å². The fourth-order valence-electron chi connectivity index (χ4n) is 2.87. The molecule has 152 valence electrons. The number of hydrogen-bond donors (Lipinski definition) is 1. The van der Waals surface area contributed by atoms with Crippen LogP contribution >= 0.6 is 23.2 Å². The van der Waals surface area contributed by atoms with Gasteiger partial charge in [0.2, 0.25) is 15.9 Å². The van der Waals surface area contributed by atoms with Crippen molar-refractivity contribution >= 4 is 44.8 Å². The monoisotopic (exact) mass is 444 g/mol. The zero-order valence-electron chi connectivity index (χ0n) is 15.9. The fourth-order valence-corrected chi connectivity index (χ4v) is 4.33. The van der Waals surface area contributed by atoms with Crippen LogP contribution in [0.3, 0.4) is 0 Å². The summed E-state index contributed by atoms with van der Waals surface area (Å²) in [6, 6.07) is 10.3. The van der Waals surface area contributed by atoms with Gasteiger partial charge in [-0.05, 0) is 38.1 Å². The van der Waals surface area contributed by atoms with Crippen molar-refractivity contribution in [1.29, 1.82) is 0 Å². The minimum atomic E-state index is -3.76. The highest BCUT2D eigenvalue weighted by molar-refractivity contribution is 7.92. The van der Waals surface area contributed by atoms with E-state index >= 15 is 0 Å². The van der Waals surface area contributed by atoms with Crippen LogP contribution in [0.5, 0.6) is 5.75 Å². The van der Waals surface area contributed by atoms with Crippen LogP contribution in [-0.2, 0) is 14.8 Å². The molecule has 0 aliphatic carbocycles. The lowest BCUT2D eigenvalue weighted by atomic mass is 10.1. The first kappa shape index (κ1) is 22.3. The number of carbonyl (C=O) groups is 1. The second kappa shape index (κ2) is 9.03. The van der Waals surface area contributed by atoms with Gasteiger partial charge >= 0.3 is 0 Å². The average Bonchev–Trinajstić information content (AvgIpc) is 2.63. The Bertz CT molecular complexity index is 966. The van der Waals surface area contributed by atoms with Crippen molar-refractivity contribution in [2.24, 2.45) is 0 Å². The number of halogens is 2. The Hall–Kier alpha value is -1.96. The second-order valence-corrected chi connectivity index (χ2v) is 8.98. The number of amides is 1. The molecule has 2 aromatic carbocycles. The molecular weight excluding hydrogens is 423 g/mol. The molecule has 0 radical (unpaired) electrons. The number of nitrogens with zero attached hydrogens (tertiary/aromatic N) is 1. The quantitative estimate of drug-likeness (QED) is 0.698. The number of anilines is 1. The summed E-state index contributed by atoms with van der Waals surface area (Å²) in [6.07, 6.45) is 1.03. The molecule has 0 bridgehead atoms. The number of rotatable bonds is 7. The highest BCUT2D eigenvalue weighted by Crippen LogP contribution is 2.30. The van der Waals surface area contributed by atoms with Crippen LogP contribution in [-0.4, -0.2) is 33.7 Å². The van der Waals surface area contributed by atoms with Gasteiger partial charge in [0, 0.05) is 5.56 Å². The molecule has 28 heavy (non-hydrogen) atoms. The van der Waals surface area contributed by atoms with Crippen molar-refractivity contribution in [1.82, 2.24) is 5.32 Å². The maximum Gasteiger partial charge on any atom is 0.244 e. The summed E-state index contributed by atoms with van der Waals surface area (Å²) in [5, 5.41) is 3.32. The van der Waals surface area contributed by atoms with Crippen molar-refractivity contribution in [2.45, 2.75) is 25.9 Å². The molecule has 0 fully saturated rings. The van der Waals surface area contributed by atoms with E-state index < -0.39 is 22.0 Å². The molecule has 1 N–H and O–H groups in total. The molecule has 9 heteroatoms. The topological polar surface area (TPSA) is 75.7 Å². The number of benzene rings is 2. The van der Waals surface area contributed by atoms with Crippen molar-refractivity contribution in [3.8, 4) is 5.75 Å². The van der Waals surface area contributed by atoms with E-state index in [1.807, 2.05) is 18.2 Å². The Morgan fingerprint density at radius 3 is 2.32 bits per heavy atom. The number of ether oxygens (including phenoxy) is 1. The second-order valence-electron chi connectivity index (χ2n) is 6.31. The van der Waals surface area contributed by atoms with E-state index in [-0.39, 0.29) is 16.8 Å². The van der Waals surface area contributed by atoms with Gasteiger partial charge in [-0.2, -0.15) is 0 Å². The average molecular weight is 445 g/mol. The van der Waals surface area contributed by atoms with E-state index in [9.17, 15) is 13.2 Å². The minimum Gasteiger partial charge on any atom is -0.496 e. The van der Waals surface area contributed by atoms with Crippen LogP contribution in [0.25, 0.3) is 0 Å². The molecule has 0 saturated carbocycles. The molecule has 0 heterocycles. The highest BCUT2D eigenvalue weighted by Gasteiger charge is 2.30. The summed E-state index contributed by atoms with van der Waals surface area (Å²) in [4.78, 5) is 12.8. The molecule has 0 unspecified atom stereocenters. The number of sulfonamides is 1. The first-order valence-electron chi connectivity index (χ1n) is 8.44. The lowest BCUT2D eigenvalue weighted by Crippen LogP contribution is -2.48. The SMILES string of the molecule is COc1ccccc1[C@H](C)NC(=O)[C@H](C)N(c1ccc(Cl)c(Cl)c1)S(C)(=O)=O. The normalized spacial score (nSPS) is 13.5. The van der Waals surface area contributed by atoms with Crippen LogP contribution in [0.4, 0.5) is 5.69 Å². The first-order valence-corrected chi connectivity index (χ1v) is 11.0. The Morgan fingerprint density at radius 1 is 1.11 bits per heavy atom. The standard InChI is InChI=1S/C19H22Cl2N2O4S/c1-12(15-7-5-6-8-18(15)27-3)22-19(24)13(2)23(28(4,25)26)14-9-10-16(20)17(21)11-14/h5-13H,1-4H3,(H,22,24)/t12-,13-/m0/s1. The number of nitrogens with one attached hydrogen (secondary N) is 1. The van der Waals surface area contributed by atoms with Crippen molar-refractivity contribution < 1.29 is 17.9 Å². The third kappa shape index (κ3) is 5.10. The van der Waals surface area contributed by atoms with Crippen LogP contribution in [0.2, 0.25) is 10.0 Å². The first-order chi connectivity index (χ1) is 13.1. The van der Waals surface area contributed by atoms with Crippen LogP contribution in [0.1, 0.15) is 25.5 Å². The zero-order valence-corrected chi connectivity index (χ0v) is 18.3. The van der Waals surface area contributed by atoms with E-state index in [0.717, 1.165) is 16.1 Å². The van der Waals surface area contributed by atoms with Gasteiger partial charge in [0.05, 0.1) is 35.1 Å². The summed E-state index contributed by atoms with van der Waals surface area (Å²) < 4.78 is 31.1. The van der Waals surface area contributed by atoms with Gasteiger partial charge in [-0.3, -0.25) is 9.10 Å². The molecule has 2 aromatic rings. The Morgan fingerprint density at radius 2 is 1.75 bits per heavy atom. The summed E-state index contributed by atoms with van der Waals surface area (Å²) in [6.45, 7) is 3.31. The zero-order chi connectivity index (χ0) is 21.1. The molecule has 0 saturated heterocycles. The number of methoxy groups -OCH3 is 1. The van der Waals surface area contributed by atoms with E-state index in [1.54, 1.807) is 20.1 Å². The lowest BCUT2D eigenvalue weighted by Gasteiger charge is -2.29. The van der Waals surface area contributed by atoms with Gasteiger partial charge in [-0.25, -0.2) is 8.42 Å². The molecule has 1 amide bonds. The fraction of sp³-hybridized carbons (Fsp3) is 0.316. The molecule has 0 aliphatic rings. The number of carbonyl (C=O) groups excluding carboxylic acids is 1. The predicted molar refractivity (Wildman–Crippen MR) is 113 cm³/mol. The van der Waals surface area contributed by atoms with Gasteiger partial charge in [0.25, 0.3) is 0 Å². The number of para-hydroxylation sites is 1. The Balaban J connectivity index is 2.30. The molecule has 6 nitrogen and oxygen atoms in total. The largest absolute Gasteiger partial charge is 0.496 e. The minimum absolute atomic E-state index is 0.197. The Labute approximate surface area is 175 Å². The number of hydrogen-bond acceptors (Lipinski definition) is 4. The molecular formula is C19H22Cl2N2O4S. The maximum absolute atomic E-state index is 12.8. The third-order valence-electron chi connectivity index (χ3n) is 4.21. The van der Waals surface area contributed by atoms with E-state index in [1.165, 1.54) is 25.1 Å². The summed E-state index contributed by atoms with van der Waals surface area (Å²) in [5.41, 5.74) is 1.04. The molecule has 2 rings (SSSR count). The van der Waals surface area contributed by atoms with Crippen molar-refractivity contribution in [3.63, 3.8) is 0 Å².